The average molecular weight is 287 g/mol. The standard InChI is InChI=1S/C15H21N5O/c16-12-3-2-11(10-12)14(21)19-13-4-8-20(9-5-13)15-17-6-1-7-18-15/h1-3,6-7,11-13H,4-5,8-10,16H2,(H,19,21). The summed E-state index contributed by atoms with van der Waals surface area (Å²) in [5.41, 5.74) is 5.79. The van der Waals surface area contributed by atoms with Crippen LogP contribution in [0.2, 0.25) is 0 Å². The van der Waals surface area contributed by atoms with Crippen LogP contribution >= 0.6 is 0 Å². The molecule has 3 N–H and O–H groups in total. The maximum absolute atomic E-state index is 12.2. The molecule has 112 valence electrons. The second-order valence-corrected chi connectivity index (χ2v) is 5.71. The van der Waals surface area contributed by atoms with Gasteiger partial charge in [0, 0.05) is 37.6 Å². The summed E-state index contributed by atoms with van der Waals surface area (Å²) in [6.45, 7) is 1.74. The van der Waals surface area contributed by atoms with Crippen LogP contribution < -0.4 is 16.0 Å². The SMILES string of the molecule is NC1C=CC(C(=O)NC2CCN(c3ncccn3)CC2)C1. The number of amides is 1. The molecule has 6 heteroatoms. The molecule has 2 aliphatic rings. The normalized spacial score (nSPS) is 26.0. The first kappa shape index (κ1) is 14.0. The van der Waals surface area contributed by atoms with Crippen LogP contribution in [0.15, 0.2) is 30.6 Å². The van der Waals surface area contributed by atoms with Crippen LogP contribution in [0.25, 0.3) is 0 Å². The molecule has 1 fully saturated rings. The van der Waals surface area contributed by atoms with Crippen molar-refractivity contribution >= 4 is 11.9 Å². The number of nitrogens with zero attached hydrogens (tertiary/aromatic N) is 3. The Morgan fingerprint density at radius 3 is 2.57 bits per heavy atom. The van der Waals surface area contributed by atoms with Crippen molar-refractivity contribution in [1.82, 2.24) is 15.3 Å². The fourth-order valence-electron chi connectivity index (χ4n) is 2.91. The summed E-state index contributed by atoms with van der Waals surface area (Å²) in [7, 11) is 0. The van der Waals surface area contributed by atoms with Crippen molar-refractivity contribution in [2.24, 2.45) is 11.7 Å². The fraction of sp³-hybridized carbons (Fsp3) is 0.533. The summed E-state index contributed by atoms with van der Waals surface area (Å²) < 4.78 is 0. The van der Waals surface area contributed by atoms with Gasteiger partial charge in [0.25, 0.3) is 0 Å². The molecule has 2 unspecified atom stereocenters. The minimum absolute atomic E-state index is 0.0258. The van der Waals surface area contributed by atoms with Crippen LogP contribution in [-0.2, 0) is 4.79 Å². The highest BCUT2D eigenvalue weighted by Gasteiger charge is 2.27. The largest absolute Gasteiger partial charge is 0.353 e. The highest BCUT2D eigenvalue weighted by molar-refractivity contribution is 5.81. The maximum atomic E-state index is 12.2. The highest BCUT2D eigenvalue weighted by atomic mass is 16.1. The van der Waals surface area contributed by atoms with Gasteiger partial charge in [0.15, 0.2) is 0 Å². The molecular formula is C15H21N5O. The summed E-state index contributed by atoms with van der Waals surface area (Å²) in [6.07, 6.45) is 9.92. The first-order valence-electron chi connectivity index (χ1n) is 7.48. The van der Waals surface area contributed by atoms with Crippen LogP contribution in [0.5, 0.6) is 0 Å². The zero-order valence-electron chi connectivity index (χ0n) is 12.0. The molecule has 1 aliphatic carbocycles. The van der Waals surface area contributed by atoms with E-state index in [4.69, 9.17) is 5.73 Å². The molecule has 1 amide bonds. The van der Waals surface area contributed by atoms with Gasteiger partial charge in [-0.05, 0) is 25.3 Å². The van der Waals surface area contributed by atoms with E-state index >= 15 is 0 Å². The van der Waals surface area contributed by atoms with E-state index < -0.39 is 0 Å². The minimum atomic E-state index is -0.0597. The van der Waals surface area contributed by atoms with Gasteiger partial charge >= 0.3 is 0 Å². The molecule has 1 aromatic heterocycles. The van der Waals surface area contributed by atoms with Crippen molar-refractivity contribution in [3.05, 3.63) is 30.6 Å². The summed E-state index contributed by atoms with van der Waals surface area (Å²) in [4.78, 5) is 22.8. The van der Waals surface area contributed by atoms with Crippen LogP contribution in [-0.4, -0.2) is 41.0 Å². The molecular weight excluding hydrogens is 266 g/mol. The van der Waals surface area contributed by atoms with Gasteiger partial charge < -0.3 is 16.0 Å². The molecule has 0 saturated carbocycles. The van der Waals surface area contributed by atoms with Crippen molar-refractivity contribution < 1.29 is 4.79 Å². The topological polar surface area (TPSA) is 84.1 Å². The monoisotopic (exact) mass is 287 g/mol. The zero-order chi connectivity index (χ0) is 14.7. The van der Waals surface area contributed by atoms with Crippen LogP contribution in [0, 0.1) is 5.92 Å². The lowest BCUT2D eigenvalue weighted by molar-refractivity contribution is -0.124. The molecule has 2 atom stereocenters. The summed E-state index contributed by atoms with van der Waals surface area (Å²) in [5, 5.41) is 3.14. The van der Waals surface area contributed by atoms with Gasteiger partial charge in [-0.3, -0.25) is 4.79 Å². The van der Waals surface area contributed by atoms with E-state index in [1.54, 1.807) is 12.4 Å². The van der Waals surface area contributed by atoms with Crippen LogP contribution in [0.3, 0.4) is 0 Å². The lowest BCUT2D eigenvalue weighted by Crippen LogP contribution is -2.46. The van der Waals surface area contributed by atoms with Gasteiger partial charge in [-0.2, -0.15) is 0 Å². The molecule has 0 radical (unpaired) electrons. The molecule has 0 aromatic carbocycles. The Labute approximate surface area is 124 Å². The Bertz CT molecular complexity index is 510. The molecule has 0 bridgehead atoms. The number of nitrogens with two attached hydrogens (primary N) is 1. The van der Waals surface area contributed by atoms with E-state index in [-0.39, 0.29) is 23.9 Å². The van der Waals surface area contributed by atoms with Gasteiger partial charge in [0.05, 0.1) is 5.92 Å². The summed E-state index contributed by atoms with van der Waals surface area (Å²) in [5.74, 6) is 0.816. The molecule has 6 nitrogen and oxygen atoms in total. The molecule has 0 spiro atoms. The summed E-state index contributed by atoms with van der Waals surface area (Å²) >= 11 is 0. The lowest BCUT2D eigenvalue weighted by atomic mass is 10.0. The van der Waals surface area contributed by atoms with Crippen LogP contribution in [0.1, 0.15) is 19.3 Å². The Kier molecular flexibility index (Phi) is 4.15. The Morgan fingerprint density at radius 1 is 1.24 bits per heavy atom. The molecule has 2 heterocycles. The third-order valence-corrected chi connectivity index (χ3v) is 4.13. The average Bonchev–Trinajstić information content (AvgIpc) is 2.96. The van der Waals surface area contributed by atoms with Gasteiger partial charge in [-0.1, -0.05) is 12.2 Å². The van der Waals surface area contributed by atoms with Gasteiger partial charge in [-0.15, -0.1) is 0 Å². The number of hydrogen-bond donors (Lipinski definition) is 2. The fourth-order valence-corrected chi connectivity index (χ4v) is 2.91. The Balaban J connectivity index is 1.48. The van der Waals surface area contributed by atoms with Crippen molar-refractivity contribution in [1.29, 1.82) is 0 Å². The predicted octanol–water partition coefficient (Wildman–Crippen LogP) is 0.465. The van der Waals surface area contributed by atoms with E-state index in [0.717, 1.165) is 38.3 Å². The quantitative estimate of drug-likeness (QED) is 0.789. The third kappa shape index (κ3) is 3.39. The number of anilines is 1. The molecule has 21 heavy (non-hydrogen) atoms. The number of piperidine rings is 1. The van der Waals surface area contributed by atoms with Crippen molar-refractivity contribution in [3.8, 4) is 0 Å². The van der Waals surface area contributed by atoms with Gasteiger partial charge in [-0.25, -0.2) is 9.97 Å². The molecule has 1 saturated heterocycles. The number of nitrogens with one attached hydrogen (secondary N) is 1. The lowest BCUT2D eigenvalue weighted by Gasteiger charge is -2.32. The first-order chi connectivity index (χ1) is 10.2. The smallest absolute Gasteiger partial charge is 0.227 e. The second-order valence-electron chi connectivity index (χ2n) is 5.71. The Morgan fingerprint density at radius 2 is 1.95 bits per heavy atom. The number of carbonyl (C=O) groups is 1. The number of rotatable bonds is 3. The zero-order valence-corrected chi connectivity index (χ0v) is 12.0. The Hall–Kier alpha value is -1.95. The van der Waals surface area contributed by atoms with Gasteiger partial charge in [0.2, 0.25) is 11.9 Å². The maximum Gasteiger partial charge on any atom is 0.227 e. The van der Waals surface area contributed by atoms with E-state index in [0.29, 0.717) is 0 Å². The third-order valence-electron chi connectivity index (χ3n) is 4.13. The summed E-state index contributed by atoms with van der Waals surface area (Å²) in [6, 6.07) is 2.08. The van der Waals surface area contributed by atoms with Crippen molar-refractivity contribution in [3.63, 3.8) is 0 Å². The number of carbonyl (C=O) groups excluding carboxylic acids is 1. The van der Waals surface area contributed by atoms with E-state index in [1.165, 1.54) is 0 Å². The second kappa shape index (κ2) is 6.22. The van der Waals surface area contributed by atoms with Crippen molar-refractivity contribution in [2.45, 2.75) is 31.3 Å². The van der Waals surface area contributed by atoms with Crippen LogP contribution in [0.4, 0.5) is 5.95 Å². The van der Waals surface area contributed by atoms with E-state index in [2.05, 4.69) is 20.2 Å². The molecule has 3 rings (SSSR count). The molecule has 1 aromatic rings. The van der Waals surface area contributed by atoms with Gasteiger partial charge in [0.1, 0.15) is 0 Å². The predicted molar refractivity (Wildman–Crippen MR) is 80.6 cm³/mol. The number of hydrogen-bond acceptors (Lipinski definition) is 5. The van der Waals surface area contributed by atoms with E-state index in [9.17, 15) is 4.79 Å². The number of aromatic nitrogens is 2. The molecule has 1 aliphatic heterocycles. The highest BCUT2D eigenvalue weighted by Crippen LogP contribution is 2.19. The van der Waals surface area contributed by atoms with Crippen molar-refractivity contribution in [2.75, 3.05) is 18.0 Å². The minimum Gasteiger partial charge on any atom is -0.353 e. The van der Waals surface area contributed by atoms with E-state index in [1.807, 2.05) is 18.2 Å². The first-order valence-corrected chi connectivity index (χ1v) is 7.48.